The molecule has 0 aliphatic carbocycles. The Morgan fingerprint density at radius 1 is 1.25 bits per heavy atom. The van der Waals surface area contributed by atoms with Crippen LogP contribution in [0.25, 0.3) is 0 Å². The highest BCUT2D eigenvalue weighted by molar-refractivity contribution is 6.33. The molecule has 0 aliphatic rings. The second-order valence-corrected chi connectivity index (χ2v) is 5.34. The molecule has 5 nitrogen and oxygen atoms in total. The summed E-state index contributed by atoms with van der Waals surface area (Å²) >= 11 is 5.97. The fourth-order valence-corrected chi connectivity index (χ4v) is 2.19. The van der Waals surface area contributed by atoms with Gasteiger partial charge in [-0.15, -0.1) is 0 Å². The quantitative estimate of drug-likeness (QED) is 0.611. The van der Waals surface area contributed by atoms with Gasteiger partial charge < -0.3 is 9.47 Å². The Morgan fingerprint density at radius 3 is 2.75 bits per heavy atom. The van der Waals surface area contributed by atoms with Gasteiger partial charge in [0, 0.05) is 0 Å². The van der Waals surface area contributed by atoms with Crippen molar-refractivity contribution < 1.29 is 14.3 Å². The zero-order chi connectivity index (χ0) is 17.4. The van der Waals surface area contributed by atoms with Gasteiger partial charge in [0.15, 0.2) is 11.5 Å². The van der Waals surface area contributed by atoms with Crippen LogP contribution in [-0.4, -0.2) is 25.8 Å². The van der Waals surface area contributed by atoms with Crippen molar-refractivity contribution in [2.75, 3.05) is 13.7 Å². The lowest BCUT2D eigenvalue weighted by atomic mass is 10.2. The number of hydrazone groups is 1. The molecule has 0 aliphatic heterocycles. The number of ether oxygens (including phenoxy) is 2. The molecule has 0 fully saturated rings. The minimum Gasteiger partial charge on any atom is -0.493 e. The molecule has 0 saturated heterocycles. The molecule has 0 heterocycles. The first-order chi connectivity index (χ1) is 11.7. The molecule has 0 saturated carbocycles. The molecule has 0 radical (unpaired) electrons. The third kappa shape index (κ3) is 4.73. The zero-order valence-electron chi connectivity index (χ0n) is 13.6. The number of carbonyl (C=O) groups excluding carboxylic acids is 1. The number of benzene rings is 2. The average molecular weight is 347 g/mol. The van der Waals surface area contributed by atoms with Gasteiger partial charge in [-0.25, -0.2) is 5.43 Å². The van der Waals surface area contributed by atoms with E-state index in [1.807, 2.05) is 19.1 Å². The summed E-state index contributed by atoms with van der Waals surface area (Å²) in [5.74, 6) is 0.924. The number of halogens is 1. The van der Waals surface area contributed by atoms with Crippen LogP contribution in [0.1, 0.15) is 29.3 Å². The molecule has 24 heavy (non-hydrogen) atoms. The number of hydrogen-bond acceptors (Lipinski definition) is 4. The van der Waals surface area contributed by atoms with Crippen molar-refractivity contribution in [2.24, 2.45) is 5.10 Å². The van der Waals surface area contributed by atoms with Crippen molar-refractivity contribution in [2.45, 2.75) is 13.3 Å². The minimum atomic E-state index is -0.369. The Hall–Kier alpha value is -2.53. The van der Waals surface area contributed by atoms with Gasteiger partial charge in [-0.1, -0.05) is 30.7 Å². The lowest BCUT2D eigenvalue weighted by Gasteiger charge is -2.10. The van der Waals surface area contributed by atoms with Gasteiger partial charge >= 0.3 is 0 Å². The van der Waals surface area contributed by atoms with Gasteiger partial charge in [0.05, 0.1) is 30.5 Å². The molecule has 1 N–H and O–H groups in total. The smallest absolute Gasteiger partial charge is 0.272 e. The maximum Gasteiger partial charge on any atom is 0.272 e. The molecule has 6 heteroatoms. The first-order valence-corrected chi connectivity index (χ1v) is 7.92. The van der Waals surface area contributed by atoms with Crippen LogP contribution in [0.3, 0.4) is 0 Å². The number of methoxy groups -OCH3 is 1. The largest absolute Gasteiger partial charge is 0.493 e. The molecular formula is C18H19ClN2O3. The minimum absolute atomic E-state index is 0.369. The Morgan fingerprint density at radius 2 is 2.04 bits per heavy atom. The summed E-state index contributed by atoms with van der Waals surface area (Å²) < 4.78 is 10.9. The Balaban J connectivity index is 2.04. The van der Waals surface area contributed by atoms with E-state index in [-0.39, 0.29) is 5.91 Å². The molecule has 2 rings (SSSR count). The molecule has 2 aromatic carbocycles. The third-order valence-electron chi connectivity index (χ3n) is 3.15. The monoisotopic (exact) mass is 346 g/mol. The maximum absolute atomic E-state index is 12.0. The van der Waals surface area contributed by atoms with Crippen LogP contribution in [0, 0.1) is 0 Å². The first-order valence-electron chi connectivity index (χ1n) is 7.54. The lowest BCUT2D eigenvalue weighted by molar-refractivity contribution is 0.0955. The number of nitrogens with zero attached hydrogens (tertiary/aromatic N) is 1. The van der Waals surface area contributed by atoms with Crippen LogP contribution in [-0.2, 0) is 0 Å². The Bertz CT molecular complexity index is 732. The number of rotatable bonds is 7. The molecule has 2 aromatic rings. The van der Waals surface area contributed by atoms with Gasteiger partial charge in [0.25, 0.3) is 5.91 Å². The summed E-state index contributed by atoms with van der Waals surface area (Å²) in [6.45, 7) is 2.66. The summed E-state index contributed by atoms with van der Waals surface area (Å²) in [6, 6.07) is 12.2. The summed E-state index contributed by atoms with van der Waals surface area (Å²) in [7, 11) is 1.58. The van der Waals surface area contributed by atoms with E-state index in [0.29, 0.717) is 28.7 Å². The van der Waals surface area contributed by atoms with Crippen LogP contribution in [0.2, 0.25) is 5.02 Å². The van der Waals surface area contributed by atoms with E-state index >= 15 is 0 Å². The summed E-state index contributed by atoms with van der Waals surface area (Å²) in [4.78, 5) is 12.0. The van der Waals surface area contributed by atoms with Crippen LogP contribution in [0.5, 0.6) is 11.5 Å². The maximum atomic E-state index is 12.0. The fraction of sp³-hybridized carbons (Fsp3) is 0.222. The van der Waals surface area contributed by atoms with E-state index in [1.54, 1.807) is 37.4 Å². The van der Waals surface area contributed by atoms with Crippen LogP contribution in [0.15, 0.2) is 47.6 Å². The van der Waals surface area contributed by atoms with E-state index in [1.165, 1.54) is 6.21 Å². The van der Waals surface area contributed by atoms with Gasteiger partial charge in [-0.3, -0.25) is 4.79 Å². The molecule has 1 amide bonds. The predicted molar refractivity (Wildman–Crippen MR) is 95.3 cm³/mol. The molecule has 126 valence electrons. The zero-order valence-corrected chi connectivity index (χ0v) is 14.3. The topological polar surface area (TPSA) is 59.9 Å². The van der Waals surface area contributed by atoms with Crippen LogP contribution >= 0.6 is 11.6 Å². The third-order valence-corrected chi connectivity index (χ3v) is 3.48. The Kier molecular flexibility index (Phi) is 6.63. The van der Waals surface area contributed by atoms with Gasteiger partial charge in [0.2, 0.25) is 0 Å². The van der Waals surface area contributed by atoms with Gasteiger partial charge in [-0.2, -0.15) is 5.10 Å². The molecule has 0 atom stereocenters. The van der Waals surface area contributed by atoms with Crippen molar-refractivity contribution in [3.05, 3.63) is 58.6 Å². The SMILES string of the molecule is CCCOc1ccc(/C=N/NC(=O)c2ccccc2Cl)cc1OC. The first kappa shape index (κ1) is 17.8. The molecular weight excluding hydrogens is 328 g/mol. The number of nitrogens with one attached hydrogen (secondary N) is 1. The highest BCUT2D eigenvalue weighted by Crippen LogP contribution is 2.27. The van der Waals surface area contributed by atoms with Crippen molar-refractivity contribution in [3.8, 4) is 11.5 Å². The van der Waals surface area contributed by atoms with Crippen molar-refractivity contribution in [3.63, 3.8) is 0 Å². The summed E-state index contributed by atoms with van der Waals surface area (Å²) in [5.41, 5.74) is 3.59. The van der Waals surface area contributed by atoms with Crippen LogP contribution in [0.4, 0.5) is 0 Å². The molecule has 0 aromatic heterocycles. The van der Waals surface area contributed by atoms with Crippen LogP contribution < -0.4 is 14.9 Å². The highest BCUT2D eigenvalue weighted by Gasteiger charge is 2.08. The average Bonchev–Trinajstić information content (AvgIpc) is 2.60. The summed E-state index contributed by atoms with van der Waals surface area (Å²) in [5, 5.41) is 4.33. The number of amides is 1. The van der Waals surface area contributed by atoms with Crippen molar-refractivity contribution in [1.82, 2.24) is 5.43 Å². The predicted octanol–water partition coefficient (Wildman–Crippen LogP) is 3.90. The van der Waals surface area contributed by atoms with E-state index in [9.17, 15) is 4.79 Å². The van der Waals surface area contributed by atoms with Crippen molar-refractivity contribution >= 4 is 23.7 Å². The molecule has 0 spiro atoms. The summed E-state index contributed by atoms with van der Waals surface area (Å²) in [6.07, 6.45) is 2.45. The second kappa shape index (κ2) is 8.93. The normalized spacial score (nSPS) is 10.6. The van der Waals surface area contributed by atoms with Gasteiger partial charge in [0.1, 0.15) is 0 Å². The van der Waals surface area contributed by atoms with Gasteiger partial charge in [-0.05, 0) is 42.3 Å². The lowest BCUT2D eigenvalue weighted by Crippen LogP contribution is -2.17. The number of hydrogen-bond donors (Lipinski definition) is 1. The van der Waals surface area contributed by atoms with E-state index in [0.717, 1.165) is 12.0 Å². The molecule has 0 unspecified atom stereocenters. The second-order valence-electron chi connectivity index (χ2n) is 4.94. The van der Waals surface area contributed by atoms with E-state index in [2.05, 4.69) is 10.5 Å². The van der Waals surface area contributed by atoms with Crippen molar-refractivity contribution in [1.29, 1.82) is 0 Å². The highest BCUT2D eigenvalue weighted by atomic mass is 35.5. The Labute approximate surface area is 146 Å². The van der Waals surface area contributed by atoms with E-state index < -0.39 is 0 Å². The van der Waals surface area contributed by atoms with E-state index in [4.69, 9.17) is 21.1 Å². The molecule has 0 bridgehead atoms. The standard InChI is InChI=1S/C18H19ClN2O3/c1-3-10-24-16-9-8-13(11-17(16)23-2)12-20-21-18(22)14-6-4-5-7-15(14)19/h4-9,11-12H,3,10H2,1-2H3,(H,21,22)/b20-12+. The fourth-order valence-electron chi connectivity index (χ4n) is 1.97. The number of carbonyl (C=O) groups is 1.